The Kier molecular flexibility index (Phi) is 6.32. The Balaban J connectivity index is 2.81. The van der Waals surface area contributed by atoms with Crippen molar-refractivity contribution in [2.24, 2.45) is 0 Å². The zero-order valence-corrected chi connectivity index (χ0v) is 13.0. The average molecular weight is 370 g/mol. The van der Waals surface area contributed by atoms with Gasteiger partial charge in [0.15, 0.2) is 0 Å². The van der Waals surface area contributed by atoms with Crippen LogP contribution in [0.3, 0.4) is 0 Å². The Hall–Kier alpha value is -1.44. The summed E-state index contributed by atoms with van der Waals surface area (Å²) < 4.78 is 45.3. The molecule has 0 heterocycles. The number of halogens is 4. The van der Waals surface area contributed by atoms with Crippen LogP contribution in [-0.4, -0.2) is 25.0 Å². The van der Waals surface area contributed by atoms with E-state index in [-0.39, 0.29) is 16.8 Å². The zero-order valence-electron chi connectivity index (χ0n) is 11.5. The summed E-state index contributed by atoms with van der Waals surface area (Å²) in [6.07, 6.45) is -4.27. The Morgan fingerprint density at radius 3 is 2.52 bits per heavy atom. The molecular weight excluding hydrogens is 355 g/mol. The van der Waals surface area contributed by atoms with Crippen LogP contribution in [0, 0.1) is 0 Å². The lowest BCUT2D eigenvalue weighted by Gasteiger charge is -2.17. The molecular formula is C13H15BrF3NO3. The number of anilines is 1. The first-order valence-corrected chi connectivity index (χ1v) is 7.04. The van der Waals surface area contributed by atoms with Gasteiger partial charge in [0.05, 0.1) is 11.1 Å². The van der Waals surface area contributed by atoms with Crippen LogP contribution in [0.2, 0.25) is 0 Å². The molecule has 118 valence electrons. The van der Waals surface area contributed by atoms with Gasteiger partial charge in [0.25, 0.3) is 0 Å². The Bertz CT molecular complexity index is 494. The van der Waals surface area contributed by atoms with Crippen LogP contribution in [-0.2, 0) is 9.53 Å². The van der Waals surface area contributed by atoms with Gasteiger partial charge in [-0.05, 0) is 47.5 Å². The van der Waals surface area contributed by atoms with Crippen molar-refractivity contribution in [2.75, 3.05) is 11.9 Å². The molecule has 0 saturated carbocycles. The summed E-state index contributed by atoms with van der Waals surface area (Å²) in [6, 6.07) is 3.40. The summed E-state index contributed by atoms with van der Waals surface area (Å²) in [7, 11) is 0. The second-order valence-electron chi connectivity index (χ2n) is 4.05. The van der Waals surface area contributed by atoms with Gasteiger partial charge in [0.1, 0.15) is 11.8 Å². The summed E-state index contributed by atoms with van der Waals surface area (Å²) in [5.41, 5.74) is 0.483. The zero-order chi connectivity index (χ0) is 16.0. The molecule has 4 nitrogen and oxygen atoms in total. The third kappa shape index (κ3) is 5.82. The average Bonchev–Trinajstić information content (AvgIpc) is 2.37. The fraction of sp³-hybridized carbons (Fsp3) is 0.462. The van der Waals surface area contributed by atoms with E-state index in [4.69, 9.17) is 4.74 Å². The lowest BCUT2D eigenvalue weighted by molar-refractivity contribution is -0.274. The Labute approximate surface area is 128 Å². The molecule has 0 aromatic heterocycles. The van der Waals surface area contributed by atoms with Crippen LogP contribution < -0.4 is 10.1 Å². The van der Waals surface area contributed by atoms with Gasteiger partial charge < -0.3 is 14.8 Å². The minimum Gasteiger partial charge on any atom is -0.464 e. The highest BCUT2D eigenvalue weighted by Crippen LogP contribution is 2.32. The Morgan fingerprint density at radius 1 is 1.38 bits per heavy atom. The smallest absolute Gasteiger partial charge is 0.464 e. The molecule has 1 aromatic rings. The van der Waals surface area contributed by atoms with Crippen molar-refractivity contribution in [3.05, 3.63) is 22.7 Å². The fourth-order valence-electron chi connectivity index (χ4n) is 1.57. The molecule has 0 radical (unpaired) electrons. The van der Waals surface area contributed by atoms with Gasteiger partial charge in [0, 0.05) is 5.69 Å². The maximum atomic E-state index is 12.2. The number of hydrogen-bond acceptors (Lipinski definition) is 4. The highest BCUT2D eigenvalue weighted by Gasteiger charge is 2.32. The van der Waals surface area contributed by atoms with Crippen LogP contribution >= 0.6 is 15.9 Å². The molecule has 0 aliphatic rings. The van der Waals surface area contributed by atoms with Gasteiger partial charge in [-0.2, -0.15) is 0 Å². The number of esters is 1. The lowest BCUT2D eigenvalue weighted by atomic mass is 10.2. The first-order chi connectivity index (χ1) is 9.76. The van der Waals surface area contributed by atoms with E-state index in [2.05, 4.69) is 26.0 Å². The van der Waals surface area contributed by atoms with Crippen LogP contribution in [0.15, 0.2) is 22.7 Å². The summed E-state index contributed by atoms with van der Waals surface area (Å²) in [5, 5.41) is 2.90. The third-order valence-corrected chi connectivity index (χ3v) is 3.10. The number of rotatable bonds is 6. The quantitative estimate of drug-likeness (QED) is 0.766. The standard InChI is InChI=1S/C13H15BrF3NO3/c1-3-10(12(19)20-4-2)18-8-5-6-11(9(14)7-8)21-13(15,16)17/h5-7,10,18H,3-4H2,1-2H3. The largest absolute Gasteiger partial charge is 0.573 e. The molecule has 0 aliphatic heterocycles. The van der Waals surface area contributed by atoms with Crippen molar-refractivity contribution in [3.8, 4) is 5.75 Å². The van der Waals surface area contributed by atoms with E-state index >= 15 is 0 Å². The number of carbonyl (C=O) groups is 1. The van der Waals surface area contributed by atoms with Gasteiger partial charge in [-0.3, -0.25) is 0 Å². The van der Waals surface area contributed by atoms with Gasteiger partial charge in [0.2, 0.25) is 0 Å². The van der Waals surface area contributed by atoms with E-state index in [1.165, 1.54) is 12.1 Å². The normalized spacial score (nSPS) is 12.7. The molecule has 8 heteroatoms. The van der Waals surface area contributed by atoms with Crippen molar-refractivity contribution < 1.29 is 27.4 Å². The van der Waals surface area contributed by atoms with E-state index in [0.29, 0.717) is 12.1 Å². The molecule has 1 rings (SSSR count). The fourth-order valence-corrected chi connectivity index (χ4v) is 2.03. The van der Waals surface area contributed by atoms with E-state index in [9.17, 15) is 18.0 Å². The summed E-state index contributed by atoms with van der Waals surface area (Å²) >= 11 is 3.00. The molecule has 0 fully saturated rings. The maximum Gasteiger partial charge on any atom is 0.573 e. The number of alkyl halides is 3. The molecule has 0 amide bonds. The van der Waals surface area contributed by atoms with E-state index in [1.54, 1.807) is 13.8 Å². The second-order valence-corrected chi connectivity index (χ2v) is 4.90. The van der Waals surface area contributed by atoms with E-state index in [0.717, 1.165) is 6.07 Å². The predicted molar refractivity (Wildman–Crippen MR) is 75.2 cm³/mol. The number of carbonyl (C=O) groups excluding carboxylic acids is 1. The van der Waals surface area contributed by atoms with Crippen LogP contribution in [0.1, 0.15) is 20.3 Å². The molecule has 0 aliphatic carbocycles. The maximum absolute atomic E-state index is 12.2. The number of benzene rings is 1. The van der Waals surface area contributed by atoms with Crippen molar-refractivity contribution >= 4 is 27.6 Å². The molecule has 1 atom stereocenters. The Morgan fingerprint density at radius 2 is 2.05 bits per heavy atom. The molecule has 1 N–H and O–H groups in total. The van der Waals surface area contributed by atoms with Crippen molar-refractivity contribution in [3.63, 3.8) is 0 Å². The topological polar surface area (TPSA) is 47.6 Å². The second kappa shape index (κ2) is 7.53. The molecule has 0 spiro atoms. The van der Waals surface area contributed by atoms with Crippen molar-refractivity contribution in [2.45, 2.75) is 32.7 Å². The number of hydrogen-bond donors (Lipinski definition) is 1. The number of nitrogens with one attached hydrogen (secondary N) is 1. The third-order valence-electron chi connectivity index (χ3n) is 2.48. The van der Waals surface area contributed by atoms with E-state index < -0.39 is 18.4 Å². The number of ether oxygens (including phenoxy) is 2. The first-order valence-electron chi connectivity index (χ1n) is 6.25. The van der Waals surface area contributed by atoms with Gasteiger partial charge in [-0.1, -0.05) is 6.92 Å². The molecule has 21 heavy (non-hydrogen) atoms. The van der Waals surface area contributed by atoms with Crippen LogP contribution in [0.4, 0.5) is 18.9 Å². The molecule has 1 aromatic carbocycles. The minimum absolute atomic E-state index is 0.128. The van der Waals surface area contributed by atoms with Crippen molar-refractivity contribution in [1.82, 2.24) is 0 Å². The van der Waals surface area contributed by atoms with Crippen LogP contribution in [0.5, 0.6) is 5.75 Å². The highest BCUT2D eigenvalue weighted by atomic mass is 79.9. The van der Waals surface area contributed by atoms with Gasteiger partial charge in [-0.25, -0.2) is 4.79 Å². The van der Waals surface area contributed by atoms with E-state index in [1.807, 2.05) is 0 Å². The lowest BCUT2D eigenvalue weighted by Crippen LogP contribution is -2.30. The molecule has 1 unspecified atom stereocenters. The molecule has 0 saturated heterocycles. The monoisotopic (exact) mass is 369 g/mol. The summed E-state index contributed by atoms with van der Waals surface area (Å²) in [6.45, 7) is 3.76. The van der Waals surface area contributed by atoms with Gasteiger partial charge >= 0.3 is 12.3 Å². The van der Waals surface area contributed by atoms with Crippen LogP contribution in [0.25, 0.3) is 0 Å². The SMILES string of the molecule is CCOC(=O)C(CC)Nc1ccc(OC(F)(F)F)c(Br)c1. The minimum atomic E-state index is -4.76. The van der Waals surface area contributed by atoms with Crippen molar-refractivity contribution in [1.29, 1.82) is 0 Å². The summed E-state index contributed by atoms with van der Waals surface area (Å²) in [4.78, 5) is 11.6. The molecule has 0 bridgehead atoms. The van der Waals surface area contributed by atoms with Gasteiger partial charge in [-0.15, -0.1) is 13.2 Å². The first kappa shape index (κ1) is 17.6. The summed E-state index contributed by atoms with van der Waals surface area (Å²) in [5.74, 6) is -0.760. The highest BCUT2D eigenvalue weighted by molar-refractivity contribution is 9.10. The predicted octanol–water partition coefficient (Wildman–Crippen LogP) is 4.10.